The molecule has 0 bridgehead atoms. The van der Waals surface area contributed by atoms with Gasteiger partial charge in [-0.15, -0.1) is 0 Å². The van der Waals surface area contributed by atoms with Gasteiger partial charge in [-0.2, -0.15) is 0 Å². The van der Waals surface area contributed by atoms with Crippen LogP contribution in [0.3, 0.4) is 0 Å². The van der Waals surface area contributed by atoms with Crippen molar-refractivity contribution in [2.24, 2.45) is 17.6 Å². The van der Waals surface area contributed by atoms with Gasteiger partial charge in [0.05, 0.1) is 0 Å². The SMILES string of the molecule is CC1CCC(Nc2ccc(Br)cc2C(N)=S)CC1C. The molecule has 19 heavy (non-hydrogen) atoms. The lowest BCUT2D eigenvalue weighted by molar-refractivity contribution is 0.261. The molecule has 2 rings (SSSR count). The van der Waals surface area contributed by atoms with Crippen molar-refractivity contribution in [3.63, 3.8) is 0 Å². The van der Waals surface area contributed by atoms with Crippen molar-refractivity contribution in [2.75, 3.05) is 5.32 Å². The van der Waals surface area contributed by atoms with Crippen LogP contribution in [0.1, 0.15) is 38.7 Å². The summed E-state index contributed by atoms with van der Waals surface area (Å²) in [6, 6.07) is 6.60. The maximum absolute atomic E-state index is 5.81. The second-order valence-electron chi connectivity index (χ2n) is 5.66. The van der Waals surface area contributed by atoms with Gasteiger partial charge in [-0.1, -0.05) is 42.0 Å². The Morgan fingerprint density at radius 3 is 2.68 bits per heavy atom. The van der Waals surface area contributed by atoms with E-state index in [0.29, 0.717) is 11.0 Å². The van der Waals surface area contributed by atoms with Crippen molar-refractivity contribution in [3.05, 3.63) is 28.2 Å². The van der Waals surface area contributed by atoms with Gasteiger partial charge >= 0.3 is 0 Å². The standard InChI is InChI=1S/C15H21BrN2S/c1-9-3-5-12(7-10(9)2)18-14-6-4-11(16)8-13(14)15(17)19/h4,6,8-10,12,18H,3,5,7H2,1-2H3,(H2,17,19). The highest BCUT2D eigenvalue weighted by Crippen LogP contribution is 2.32. The van der Waals surface area contributed by atoms with E-state index < -0.39 is 0 Å². The zero-order valence-corrected chi connectivity index (χ0v) is 13.9. The van der Waals surface area contributed by atoms with Gasteiger partial charge in [0.2, 0.25) is 0 Å². The molecular formula is C15H21BrN2S. The van der Waals surface area contributed by atoms with Gasteiger partial charge in [0, 0.05) is 21.8 Å². The minimum atomic E-state index is 0.445. The van der Waals surface area contributed by atoms with Crippen LogP contribution in [-0.4, -0.2) is 11.0 Å². The van der Waals surface area contributed by atoms with Crippen molar-refractivity contribution in [3.8, 4) is 0 Å². The van der Waals surface area contributed by atoms with Gasteiger partial charge in [-0.3, -0.25) is 0 Å². The van der Waals surface area contributed by atoms with Gasteiger partial charge in [-0.25, -0.2) is 0 Å². The fraction of sp³-hybridized carbons (Fsp3) is 0.533. The van der Waals surface area contributed by atoms with E-state index in [2.05, 4.69) is 41.2 Å². The minimum absolute atomic E-state index is 0.445. The summed E-state index contributed by atoms with van der Waals surface area (Å²) in [5.41, 5.74) is 7.79. The summed E-state index contributed by atoms with van der Waals surface area (Å²) in [6.45, 7) is 4.69. The number of rotatable bonds is 3. The van der Waals surface area contributed by atoms with Crippen LogP contribution < -0.4 is 11.1 Å². The molecule has 1 saturated carbocycles. The molecule has 0 radical (unpaired) electrons. The van der Waals surface area contributed by atoms with E-state index in [1.807, 2.05) is 12.1 Å². The molecule has 0 aliphatic heterocycles. The summed E-state index contributed by atoms with van der Waals surface area (Å²) >= 11 is 8.60. The molecule has 104 valence electrons. The number of benzene rings is 1. The lowest BCUT2D eigenvalue weighted by Gasteiger charge is -2.33. The first-order valence-corrected chi connectivity index (χ1v) is 8.03. The van der Waals surface area contributed by atoms with E-state index in [0.717, 1.165) is 27.6 Å². The van der Waals surface area contributed by atoms with E-state index >= 15 is 0 Å². The van der Waals surface area contributed by atoms with Crippen LogP contribution in [0.2, 0.25) is 0 Å². The van der Waals surface area contributed by atoms with Gasteiger partial charge in [-0.05, 0) is 49.3 Å². The zero-order valence-electron chi connectivity index (χ0n) is 11.4. The van der Waals surface area contributed by atoms with Crippen LogP contribution in [-0.2, 0) is 0 Å². The van der Waals surface area contributed by atoms with E-state index in [9.17, 15) is 0 Å². The molecule has 1 fully saturated rings. The van der Waals surface area contributed by atoms with E-state index in [-0.39, 0.29) is 0 Å². The highest BCUT2D eigenvalue weighted by molar-refractivity contribution is 9.10. The van der Waals surface area contributed by atoms with Crippen molar-refractivity contribution < 1.29 is 0 Å². The van der Waals surface area contributed by atoms with E-state index in [1.54, 1.807) is 0 Å². The van der Waals surface area contributed by atoms with Crippen LogP contribution in [0.25, 0.3) is 0 Å². The molecule has 0 spiro atoms. The Morgan fingerprint density at radius 2 is 2.05 bits per heavy atom. The first kappa shape index (κ1) is 14.8. The quantitative estimate of drug-likeness (QED) is 0.804. The first-order valence-electron chi connectivity index (χ1n) is 6.83. The number of hydrogen-bond donors (Lipinski definition) is 2. The number of hydrogen-bond acceptors (Lipinski definition) is 2. The lowest BCUT2D eigenvalue weighted by atomic mass is 9.79. The molecular weight excluding hydrogens is 320 g/mol. The molecule has 0 heterocycles. The molecule has 1 aromatic carbocycles. The van der Waals surface area contributed by atoms with Crippen molar-refractivity contribution in [1.82, 2.24) is 0 Å². The third kappa shape index (κ3) is 3.69. The number of nitrogens with one attached hydrogen (secondary N) is 1. The highest BCUT2D eigenvalue weighted by Gasteiger charge is 2.24. The van der Waals surface area contributed by atoms with Gasteiger partial charge in [0.25, 0.3) is 0 Å². The largest absolute Gasteiger partial charge is 0.389 e. The molecule has 0 aromatic heterocycles. The second kappa shape index (κ2) is 6.23. The summed E-state index contributed by atoms with van der Waals surface area (Å²) in [7, 11) is 0. The highest BCUT2D eigenvalue weighted by atomic mass is 79.9. The number of anilines is 1. The second-order valence-corrected chi connectivity index (χ2v) is 7.02. The number of nitrogens with two attached hydrogens (primary N) is 1. The fourth-order valence-electron chi connectivity index (χ4n) is 2.74. The molecule has 0 amide bonds. The molecule has 3 atom stereocenters. The maximum Gasteiger partial charge on any atom is 0.106 e. The van der Waals surface area contributed by atoms with Crippen LogP contribution in [0, 0.1) is 11.8 Å². The molecule has 4 heteroatoms. The predicted molar refractivity (Wildman–Crippen MR) is 89.6 cm³/mol. The van der Waals surface area contributed by atoms with Gasteiger partial charge in [0.15, 0.2) is 0 Å². The summed E-state index contributed by atoms with van der Waals surface area (Å²) in [5.74, 6) is 1.60. The smallest absolute Gasteiger partial charge is 0.106 e. The van der Waals surface area contributed by atoms with Crippen LogP contribution in [0.15, 0.2) is 22.7 Å². The van der Waals surface area contributed by atoms with Crippen LogP contribution >= 0.6 is 28.1 Å². The molecule has 1 aliphatic rings. The Kier molecular flexibility index (Phi) is 4.85. The van der Waals surface area contributed by atoms with Crippen molar-refractivity contribution in [1.29, 1.82) is 0 Å². The average molecular weight is 341 g/mol. The molecule has 3 unspecified atom stereocenters. The topological polar surface area (TPSA) is 38.0 Å². The molecule has 0 saturated heterocycles. The minimum Gasteiger partial charge on any atom is -0.389 e. The van der Waals surface area contributed by atoms with E-state index in [1.165, 1.54) is 19.3 Å². The average Bonchev–Trinajstić information content (AvgIpc) is 2.36. The number of thiocarbonyl (C=S) groups is 1. The Balaban J connectivity index is 2.13. The predicted octanol–water partition coefficient (Wildman–Crippen LogP) is 4.32. The Morgan fingerprint density at radius 1 is 1.32 bits per heavy atom. The molecule has 2 nitrogen and oxygen atoms in total. The number of halogens is 1. The van der Waals surface area contributed by atoms with Crippen LogP contribution in [0.5, 0.6) is 0 Å². The Hall–Kier alpha value is -0.610. The molecule has 1 aliphatic carbocycles. The summed E-state index contributed by atoms with van der Waals surface area (Å²) in [5, 5.41) is 3.62. The van der Waals surface area contributed by atoms with Crippen molar-refractivity contribution >= 4 is 38.8 Å². The normalized spacial score (nSPS) is 27.0. The van der Waals surface area contributed by atoms with Crippen molar-refractivity contribution in [2.45, 2.75) is 39.2 Å². The Labute approximate surface area is 129 Å². The monoisotopic (exact) mass is 340 g/mol. The summed E-state index contributed by atoms with van der Waals surface area (Å²) < 4.78 is 1.01. The first-order chi connectivity index (χ1) is 8.97. The van der Waals surface area contributed by atoms with Crippen LogP contribution in [0.4, 0.5) is 5.69 Å². The fourth-order valence-corrected chi connectivity index (χ4v) is 3.27. The third-order valence-electron chi connectivity index (χ3n) is 4.20. The molecule has 1 aromatic rings. The third-order valence-corrected chi connectivity index (χ3v) is 4.92. The van der Waals surface area contributed by atoms with Gasteiger partial charge < -0.3 is 11.1 Å². The molecule has 3 N–H and O–H groups in total. The van der Waals surface area contributed by atoms with E-state index in [4.69, 9.17) is 18.0 Å². The summed E-state index contributed by atoms with van der Waals surface area (Å²) in [6.07, 6.45) is 3.73. The lowest BCUT2D eigenvalue weighted by Crippen LogP contribution is -2.31. The van der Waals surface area contributed by atoms with Gasteiger partial charge in [0.1, 0.15) is 4.99 Å². The Bertz CT molecular complexity index is 475. The summed E-state index contributed by atoms with van der Waals surface area (Å²) in [4.78, 5) is 0.445. The zero-order chi connectivity index (χ0) is 14.0. The maximum atomic E-state index is 5.81.